The van der Waals surface area contributed by atoms with Gasteiger partial charge in [0.2, 0.25) is 0 Å². The van der Waals surface area contributed by atoms with Gasteiger partial charge in [-0.25, -0.2) is 4.79 Å². The molecule has 2 N–H and O–H groups in total. The number of piperidine rings is 1. The fourth-order valence-corrected chi connectivity index (χ4v) is 4.28. The maximum absolute atomic E-state index is 13.0. The Morgan fingerprint density at radius 2 is 1.77 bits per heavy atom. The SMILES string of the molecule is CC(C)(C)c1ccc(C2=CC3(CCN(OC(=O)Nc4ccc(Cl)c(C(F)(F)F)c4)CC3)ON2)cc1. The molecule has 1 fully saturated rings. The van der Waals surface area contributed by atoms with Crippen LogP contribution in [0.15, 0.2) is 48.5 Å². The van der Waals surface area contributed by atoms with E-state index in [0.29, 0.717) is 25.9 Å². The third-order valence-electron chi connectivity index (χ3n) is 6.13. The van der Waals surface area contributed by atoms with Gasteiger partial charge in [0.15, 0.2) is 0 Å². The molecular weight excluding hydrogens is 483 g/mol. The van der Waals surface area contributed by atoms with Gasteiger partial charge in [-0.3, -0.25) is 15.6 Å². The second-order valence-electron chi connectivity index (χ2n) is 9.78. The van der Waals surface area contributed by atoms with Gasteiger partial charge in [0, 0.05) is 18.8 Å². The van der Waals surface area contributed by atoms with Crippen LogP contribution < -0.4 is 10.8 Å². The van der Waals surface area contributed by atoms with Crippen LogP contribution in [-0.4, -0.2) is 29.8 Å². The summed E-state index contributed by atoms with van der Waals surface area (Å²) in [6.07, 6.45) is -2.32. The molecule has 0 bridgehead atoms. The van der Waals surface area contributed by atoms with E-state index in [4.69, 9.17) is 21.3 Å². The highest BCUT2D eigenvalue weighted by Crippen LogP contribution is 2.37. The first kappa shape index (κ1) is 25.3. The van der Waals surface area contributed by atoms with Gasteiger partial charge < -0.3 is 4.84 Å². The number of carbonyl (C=O) groups excluding carboxylic acids is 1. The number of anilines is 1. The summed E-state index contributed by atoms with van der Waals surface area (Å²) in [6, 6.07) is 11.5. The quantitative estimate of drug-likeness (QED) is 0.492. The Kier molecular flexibility index (Phi) is 6.78. The number of alkyl halides is 3. The lowest BCUT2D eigenvalue weighted by Gasteiger charge is -2.35. The molecule has 1 amide bonds. The molecule has 4 rings (SSSR count). The lowest BCUT2D eigenvalue weighted by atomic mass is 9.86. The molecule has 188 valence electrons. The monoisotopic (exact) mass is 509 g/mol. The van der Waals surface area contributed by atoms with Gasteiger partial charge in [-0.15, -0.1) is 5.06 Å². The van der Waals surface area contributed by atoms with Crippen molar-refractivity contribution in [2.75, 3.05) is 18.4 Å². The van der Waals surface area contributed by atoms with Crippen molar-refractivity contribution < 1.29 is 27.6 Å². The fraction of sp³-hybridized carbons (Fsp3) is 0.400. The Labute approximate surface area is 206 Å². The fourth-order valence-electron chi connectivity index (χ4n) is 4.05. The molecule has 10 heteroatoms. The third kappa shape index (κ3) is 5.91. The van der Waals surface area contributed by atoms with E-state index in [1.807, 2.05) is 0 Å². The molecule has 1 saturated heterocycles. The highest BCUT2D eigenvalue weighted by atomic mass is 35.5. The van der Waals surface area contributed by atoms with Crippen molar-refractivity contribution in [2.45, 2.75) is 50.8 Å². The molecule has 0 atom stereocenters. The van der Waals surface area contributed by atoms with E-state index >= 15 is 0 Å². The largest absolute Gasteiger partial charge is 0.430 e. The van der Waals surface area contributed by atoms with Gasteiger partial charge in [-0.1, -0.05) is 56.6 Å². The number of benzene rings is 2. The van der Waals surface area contributed by atoms with Crippen molar-refractivity contribution in [3.63, 3.8) is 0 Å². The Balaban J connectivity index is 1.33. The number of halogens is 4. The summed E-state index contributed by atoms with van der Waals surface area (Å²) in [5.74, 6) is 0. The molecule has 2 aromatic rings. The van der Waals surface area contributed by atoms with Crippen molar-refractivity contribution in [1.29, 1.82) is 0 Å². The third-order valence-corrected chi connectivity index (χ3v) is 6.46. The number of carbonyl (C=O) groups is 1. The van der Waals surface area contributed by atoms with Crippen LogP contribution in [0.5, 0.6) is 0 Å². The number of amides is 1. The van der Waals surface area contributed by atoms with Crippen LogP contribution in [0.4, 0.5) is 23.7 Å². The number of hydrogen-bond acceptors (Lipinski definition) is 5. The van der Waals surface area contributed by atoms with Crippen LogP contribution in [-0.2, 0) is 21.3 Å². The van der Waals surface area contributed by atoms with E-state index < -0.39 is 28.5 Å². The topological polar surface area (TPSA) is 62.8 Å². The predicted octanol–water partition coefficient (Wildman–Crippen LogP) is 6.53. The average molecular weight is 510 g/mol. The zero-order valence-electron chi connectivity index (χ0n) is 19.6. The van der Waals surface area contributed by atoms with Gasteiger partial charge in [0.25, 0.3) is 0 Å². The van der Waals surface area contributed by atoms with Crippen LogP contribution in [0.3, 0.4) is 0 Å². The molecule has 0 radical (unpaired) electrons. The molecule has 0 unspecified atom stereocenters. The molecule has 2 heterocycles. The molecule has 0 saturated carbocycles. The van der Waals surface area contributed by atoms with E-state index in [9.17, 15) is 18.0 Å². The zero-order valence-corrected chi connectivity index (χ0v) is 20.4. The van der Waals surface area contributed by atoms with Gasteiger partial charge in [0.05, 0.1) is 16.3 Å². The number of nitrogens with one attached hydrogen (secondary N) is 2. The van der Waals surface area contributed by atoms with Crippen LogP contribution >= 0.6 is 11.6 Å². The first-order valence-corrected chi connectivity index (χ1v) is 11.6. The summed E-state index contributed by atoms with van der Waals surface area (Å²) in [5, 5.41) is 3.34. The molecule has 6 nitrogen and oxygen atoms in total. The minimum absolute atomic E-state index is 0.0615. The Morgan fingerprint density at radius 3 is 2.37 bits per heavy atom. The van der Waals surface area contributed by atoms with E-state index in [2.05, 4.69) is 61.9 Å². The van der Waals surface area contributed by atoms with Crippen LogP contribution in [0.25, 0.3) is 5.70 Å². The number of hydroxylamine groups is 3. The van der Waals surface area contributed by atoms with Crippen molar-refractivity contribution >= 4 is 29.1 Å². The normalized spacial score (nSPS) is 18.2. The summed E-state index contributed by atoms with van der Waals surface area (Å²) in [7, 11) is 0. The van der Waals surface area contributed by atoms with Crippen molar-refractivity contribution in [2.24, 2.45) is 0 Å². The van der Waals surface area contributed by atoms with Crippen LogP contribution in [0.2, 0.25) is 5.02 Å². The molecule has 2 aliphatic heterocycles. The minimum atomic E-state index is -4.63. The Morgan fingerprint density at radius 1 is 1.11 bits per heavy atom. The van der Waals surface area contributed by atoms with E-state index in [-0.39, 0.29) is 11.1 Å². The van der Waals surface area contributed by atoms with Crippen molar-refractivity contribution in [3.05, 3.63) is 70.3 Å². The van der Waals surface area contributed by atoms with Gasteiger partial charge in [-0.05, 0) is 53.7 Å². The lowest BCUT2D eigenvalue weighted by Crippen LogP contribution is -2.45. The van der Waals surface area contributed by atoms with Crippen LogP contribution in [0.1, 0.15) is 50.3 Å². The molecule has 2 aliphatic rings. The first-order chi connectivity index (χ1) is 16.3. The van der Waals surface area contributed by atoms with Crippen molar-refractivity contribution in [3.8, 4) is 0 Å². The summed E-state index contributed by atoms with van der Waals surface area (Å²) < 4.78 is 39.1. The van der Waals surface area contributed by atoms with Gasteiger partial charge in [-0.2, -0.15) is 13.2 Å². The summed E-state index contributed by atoms with van der Waals surface area (Å²) in [4.78, 5) is 23.4. The molecule has 35 heavy (non-hydrogen) atoms. The summed E-state index contributed by atoms with van der Waals surface area (Å²) >= 11 is 5.61. The average Bonchev–Trinajstić information content (AvgIpc) is 3.19. The number of nitrogens with zero attached hydrogens (tertiary/aromatic N) is 1. The second kappa shape index (κ2) is 9.37. The highest BCUT2D eigenvalue weighted by molar-refractivity contribution is 6.31. The summed E-state index contributed by atoms with van der Waals surface area (Å²) in [6.45, 7) is 7.29. The molecule has 2 aromatic carbocycles. The van der Waals surface area contributed by atoms with Crippen molar-refractivity contribution in [1.82, 2.24) is 10.5 Å². The van der Waals surface area contributed by atoms with Gasteiger partial charge in [0.1, 0.15) is 5.60 Å². The Bertz CT molecular complexity index is 1120. The first-order valence-electron chi connectivity index (χ1n) is 11.2. The maximum Gasteiger partial charge on any atom is 0.430 e. The number of rotatable bonds is 3. The number of hydrogen-bond donors (Lipinski definition) is 2. The van der Waals surface area contributed by atoms with E-state index in [1.165, 1.54) is 16.7 Å². The molecule has 0 aromatic heterocycles. The van der Waals surface area contributed by atoms with E-state index in [0.717, 1.165) is 23.4 Å². The zero-order chi connectivity index (χ0) is 25.4. The Hall–Kier alpha value is -2.75. The van der Waals surface area contributed by atoms with Crippen LogP contribution in [0, 0.1) is 0 Å². The standard InChI is InChI=1S/C25H27ClF3N3O3/c1-23(2,3)17-6-4-16(5-7-17)21-15-24(35-31-21)10-12-32(13-11-24)34-22(33)30-18-8-9-20(26)19(14-18)25(27,28)29/h4-9,14-15,31H,10-13H2,1-3H3,(H,30,33). The summed E-state index contributed by atoms with van der Waals surface area (Å²) in [5.41, 5.74) is 4.63. The molecule has 0 aliphatic carbocycles. The highest BCUT2D eigenvalue weighted by Gasteiger charge is 2.40. The van der Waals surface area contributed by atoms with Gasteiger partial charge >= 0.3 is 12.3 Å². The lowest BCUT2D eigenvalue weighted by molar-refractivity contribution is -0.153. The molecular formula is C25H27ClF3N3O3. The second-order valence-corrected chi connectivity index (χ2v) is 10.2. The molecule has 1 spiro atoms. The predicted molar refractivity (Wildman–Crippen MR) is 127 cm³/mol. The maximum atomic E-state index is 13.0. The smallest absolute Gasteiger partial charge is 0.351 e. The van der Waals surface area contributed by atoms with E-state index in [1.54, 1.807) is 0 Å². The minimum Gasteiger partial charge on any atom is -0.351 e.